The molecule has 172 valence electrons. The van der Waals surface area contributed by atoms with Gasteiger partial charge >= 0.3 is 12.0 Å². The molecule has 1 saturated heterocycles. The number of carbonyl (C=O) groups excluding carboxylic acids is 4. The monoisotopic (exact) mass is 456 g/mol. The zero-order chi connectivity index (χ0) is 24.0. The number of carbonyl (C=O) groups is 4. The molecule has 4 rings (SSSR count). The van der Waals surface area contributed by atoms with Gasteiger partial charge < -0.3 is 10.1 Å². The third kappa shape index (κ3) is 4.59. The van der Waals surface area contributed by atoms with Gasteiger partial charge in [0.15, 0.2) is 5.54 Å². The first kappa shape index (κ1) is 22.9. The van der Waals surface area contributed by atoms with E-state index in [1.54, 1.807) is 48.5 Å². The summed E-state index contributed by atoms with van der Waals surface area (Å²) in [5.74, 6) is -1.77. The Kier molecular flexibility index (Phi) is 6.82. The summed E-state index contributed by atoms with van der Waals surface area (Å²) in [6, 6.07) is 26.1. The minimum atomic E-state index is -1.50. The van der Waals surface area contributed by atoms with Crippen molar-refractivity contribution in [2.75, 3.05) is 0 Å². The van der Waals surface area contributed by atoms with Gasteiger partial charge in [0, 0.05) is 12.8 Å². The van der Waals surface area contributed by atoms with Gasteiger partial charge in [-0.25, -0.2) is 4.79 Å². The molecule has 4 amide bonds. The summed E-state index contributed by atoms with van der Waals surface area (Å²) < 4.78 is 5.22. The van der Waals surface area contributed by atoms with Gasteiger partial charge in [-0.15, -0.1) is 0 Å². The SMILES string of the molecule is O=C(CCCC(=O)N1C(=O)NC(c2ccccc2)(c2ccccc2)C1=O)OCc1ccccc1. The fourth-order valence-corrected chi connectivity index (χ4v) is 4.00. The molecule has 0 atom stereocenters. The highest BCUT2D eigenvalue weighted by molar-refractivity contribution is 6.19. The topological polar surface area (TPSA) is 92.8 Å². The first-order chi connectivity index (χ1) is 16.5. The van der Waals surface area contributed by atoms with Crippen LogP contribution in [0.15, 0.2) is 91.0 Å². The normalized spacial score (nSPS) is 14.5. The minimum absolute atomic E-state index is 0.00470. The van der Waals surface area contributed by atoms with E-state index in [2.05, 4.69) is 5.32 Å². The number of esters is 1. The highest BCUT2D eigenvalue weighted by atomic mass is 16.5. The van der Waals surface area contributed by atoms with Crippen LogP contribution >= 0.6 is 0 Å². The van der Waals surface area contributed by atoms with Crippen LogP contribution < -0.4 is 5.32 Å². The van der Waals surface area contributed by atoms with Crippen LogP contribution in [0.5, 0.6) is 0 Å². The average molecular weight is 456 g/mol. The molecule has 34 heavy (non-hydrogen) atoms. The number of imide groups is 3. The molecule has 0 bridgehead atoms. The maximum absolute atomic E-state index is 13.6. The zero-order valence-corrected chi connectivity index (χ0v) is 18.5. The summed E-state index contributed by atoms with van der Waals surface area (Å²) in [7, 11) is 0. The third-order valence-corrected chi connectivity index (χ3v) is 5.70. The molecule has 0 spiro atoms. The predicted octanol–water partition coefficient (Wildman–Crippen LogP) is 3.92. The molecule has 0 unspecified atom stereocenters. The number of amides is 4. The van der Waals surface area contributed by atoms with Crippen molar-refractivity contribution in [3.05, 3.63) is 108 Å². The van der Waals surface area contributed by atoms with Gasteiger partial charge in [0.2, 0.25) is 5.91 Å². The van der Waals surface area contributed by atoms with Gasteiger partial charge in [0.25, 0.3) is 5.91 Å². The van der Waals surface area contributed by atoms with Gasteiger partial charge in [0.05, 0.1) is 0 Å². The Labute approximate surface area is 197 Å². The molecule has 1 heterocycles. The van der Waals surface area contributed by atoms with Gasteiger partial charge in [-0.05, 0) is 23.1 Å². The van der Waals surface area contributed by atoms with Crippen LogP contribution in [-0.4, -0.2) is 28.7 Å². The zero-order valence-electron chi connectivity index (χ0n) is 18.5. The highest BCUT2D eigenvalue weighted by Gasteiger charge is 2.55. The lowest BCUT2D eigenvalue weighted by atomic mass is 9.82. The highest BCUT2D eigenvalue weighted by Crippen LogP contribution is 2.36. The van der Waals surface area contributed by atoms with E-state index in [4.69, 9.17) is 4.74 Å². The van der Waals surface area contributed by atoms with Gasteiger partial charge in [-0.3, -0.25) is 14.4 Å². The van der Waals surface area contributed by atoms with E-state index in [0.717, 1.165) is 5.56 Å². The Morgan fingerprint density at radius 3 is 1.85 bits per heavy atom. The molecule has 0 aliphatic carbocycles. The average Bonchev–Trinajstić information content (AvgIpc) is 3.15. The maximum Gasteiger partial charge on any atom is 0.332 e. The maximum atomic E-state index is 13.6. The number of urea groups is 1. The Morgan fingerprint density at radius 2 is 1.29 bits per heavy atom. The van der Waals surface area contributed by atoms with Gasteiger partial charge in [0.1, 0.15) is 6.61 Å². The molecular formula is C27H24N2O5. The molecule has 1 fully saturated rings. The Bertz CT molecular complexity index is 1140. The van der Waals surface area contributed by atoms with Crippen LogP contribution in [0.4, 0.5) is 4.79 Å². The van der Waals surface area contributed by atoms with Crippen molar-refractivity contribution in [3.63, 3.8) is 0 Å². The van der Waals surface area contributed by atoms with Crippen molar-refractivity contribution in [1.29, 1.82) is 0 Å². The molecule has 0 aromatic heterocycles. The number of nitrogens with one attached hydrogen (secondary N) is 1. The second-order valence-corrected chi connectivity index (χ2v) is 7.95. The number of hydrogen-bond acceptors (Lipinski definition) is 5. The number of benzene rings is 3. The molecule has 7 heteroatoms. The van der Waals surface area contributed by atoms with E-state index in [9.17, 15) is 19.2 Å². The van der Waals surface area contributed by atoms with E-state index in [-0.39, 0.29) is 25.9 Å². The minimum Gasteiger partial charge on any atom is -0.461 e. The van der Waals surface area contributed by atoms with Gasteiger partial charge in [-0.1, -0.05) is 91.0 Å². The van der Waals surface area contributed by atoms with Crippen molar-refractivity contribution in [2.45, 2.75) is 31.4 Å². The molecule has 1 aliphatic rings. The summed E-state index contributed by atoms with van der Waals surface area (Å²) in [5.41, 5.74) is 0.479. The second kappa shape index (κ2) is 10.1. The summed E-state index contributed by atoms with van der Waals surface area (Å²) in [6.45, 7) is 0.150. The summed E-state index contributed by atoms with van der Waals surface area (Å²) in [6.07, 6.45) is 0.0250. The number of rotatable bonds is 8. The van der Waals surface area contributed by atoms with E-state index in [1.807, 2.05) is 42.5 Å². The Balaban J connectivity index is 1.43. The molecule has 1 aliphatic heterocycles. The summed E-state index contributed by atoms with van der Waals surface area (Å²) in [5, 5.41) is 2.74. The first-order valence-electron chi connectivity index (χ1n) is 11.0. The van der Waals surface area contributed by atoms with Gasteiger partial charge in [-0.2, -0.15) is 4.90 Å². The Hall–Kier alpha value is -4.26. The smallest absolute Gasteiger partial charge is 0.332 e. The predicted molar refractivity (Wildman–Crippen MR) is 124 cm³/mol. The second-order valence-electron chi connectivity index (χ2n) is 7.95. The van der Waals surface area contributed by atoms with Crippen molar-refractivity contribution in [1.82, 2.24) is 10.2 Å². The summed E-state index contributed by atoms with van der Waals surface area (Å²) in [4.78, 5) is 51.9. The van der Waals surface area contributed by atoms with Crippen molar-refractivity contribution in [2.24, 2.45) is 0 Å². The van der Waals surface area contributed by atoms with Crippen LogP contribution in [0, 0.1) is 0 Å². The fourth-order valence-electron chi connectivity index (χ4n) is 4.00. The molecule has 0 saturated carbocycles. The van der Waals surface area contributed by atoms with E-state index in [0.29, 0.717) is 16.0 Å². The quantitative estimate of drug-likeness (QED) is 0.410. The number of ether oxygens (including phenoxy) is 1. The van der Waals surface area contributed by atoms with Crippen LogP contribution in [0.3, 0.4) is 0 Å². The van der Waals surface area contributed by atoms with Crippen molar-refractivity contribution in [3.8, 4) is 0 Å². The van der Waals surface area contributed by atoms with Crippen LogP contribution in [0.1, 0.15) is 36.0 Å². The number of hydrogen-bond donors (Lipinski definition) is 1. The Morgan fingerprint density at radius 1 is 0.765 bits per heavy atom. The van der Waals surface area contributed by atoms with Crippen LogP contribution in [-0.2, 0) is 31.3 Å². The lowest BCUT2D eigenvalue weighted by molar-refractivity contribution is -0.145. The van der Waals surface area contributed by atoms with Crippen molar-refractivity contribution < 1.29 is 23.9 Å². The van der Waals surface area contributed by atoms with E-state index >= 15 is 0 Å². The van der Waals surface area contributed by atoms with E-state index < -0.39 is 29.4 Å². The first-order valence-corrected chi connectivity index (χ1v) is 11.0. The van der Waals surface area contributed by atoms with Crippen LogP contribution in [0.2, 0.25) is 0 Å². The lowest BCUT2D eigenvalue weighted by Gasteiger charge is -2.27. The molecule has 7 nitrogen and oxygen atoms in total. The number of nitrogens with zero attached hydrogens (tertiary/aromatic N) is 1. The van der Waals surface area contributed by atoms with Crippen LogP contribution in [0.25, 0.3) is 0 Å². The largest absolute Gasteiger partial charge is 0.461 e. The molecular weight excluding hydrogens is 432 g/mol. The molecule has 3 aromatic rings. The fraction of sp³-hybridized carbons (Fsp3) is 0.185. The lowest BCUT2D eigenvalue weighted by Crippen LogP contribution is -2.45. The van der Waals surface area contributed by atoms with Crippen molar-refractivity contribution >= 4 is 23.8 Å². The molecule has 0 radical (unpaired) electrons. The summed E-state index contributed by atoms with van der Waals surface area (Å²) >= 11 is 0. The third-order valence-electron chi connectivity index (χ3n) is 5.70. The standard InChI is InChI=1S/C27H24N2O5/c30-23(17-10-18-24(31)34-19-20-11-4-1-5-12-20)29-25(32)27(28-26(29)33,21-13-6-2-7-14-21)22-15-8-3-9-16-22/h1-9,11-16H,10,17-19H2,(H,28,33). The molecule has 3 aromatic carbocycles. The van der Waals surface area contributed by atoms with E-state index in [1.165, 1.54) is 0 Å². The molecule has 1 N–H and O–H groups in total.